The van der Waals surface area contributed by atoms with E-state index in [1.165, 1.54) is 9.80 Å². The van der Waals surface area contributed by atoms with E-state index in [0.29, 0.717) is 30.0 Å². The standard InChI is InChI=1S/C36H42ClN3O7/c1-4-6-16-29(42)38-21-23(3)46-35(45)30-28-17-18-36(47-28)31(30)33(43)40(25(22-41)20-24-12-8-7-9-13-24)32(36)34(44)39(19-5-2)27-15-11-10-14-26(27)37/h4-5,7-15,23,25,28,30-32,41H,1-2,6,16-22H2,3H3,(H,38,42)/t23-,25+,28+,30-,31-,32+,36-/m0/s1. The molecule has 2 N–H and O–H groups in total. The Kier molecular flexibility index (Phi) is 10.8. The van der Waals surface area contributed by atoms with E-state index < -0.39 is 66.1 Å². The van der Waals surface area contributed by atoms with Gasteiger partial charge >= 0.3 is 5.97 Å². The van der Waals surface area contributed by atoms with Crippen molar-refractivity contribution >= 4 is 41.0 Å². The van der Waals surface area contributed by atoms with Crippen LogP contribution in [-0.2, 0) is 35.1 Å². The van der Waals surface area contributed by atoms with Crippen LogP contribution in [0.25, 0.3) is 0 Å². The van der Waals surface area contributed by atoms with E-state index in [-0.39, 0.29) is 31.8 Å². The van der Waals surface area contributed by atoms with Gasteiger partial charge in [-0.2, -0.15) is 0 Å². The molecule has 2 aromatic carbocycles. The molecule has 3 amide bonds. The first-order chi connectivity index (χ1) is 22.7. The van der Waals surface area contributed by atoms with Gasteiger partial charge in [0.15, 0.2) is 0 Å². The largest absolute Gasteiger partial charge is 0.460 e. The van der Waals surface area contributed by atoms with Crippen LogP contribution in [0.5, 0.6) is 0 Å². The third-order valence-corrected chi connectivity index (χ3v) is 9.68. The van der Waals surface area contributed by atoms with E-state index in [1.54, 1.807) is 43.3 Å². The fourth-order valence-electron chi connectivity index (χ4n) is 7.32. The molecule has 7 atom stereocenters. The molecule has 0 unspecified atom stereocenters. The van der Waals surface area contributed by atoms with Crippen molar-refractivity contribution in [3.8, 4) is 0 Å². The lowest BCUT2D eigenvalue weighted by molar-refractivity contribution is -0.159. The zero-order valence-corrected chi connectivity index (χ0v) is 27.3. The molecule has 2 aromatic rings. The molecule has 3 aliphatic rings. The van der Waals surface area contributed by atoms with Crippen LogP contribution in [-0.4, -0.2) is 83.3 Å². The van der Waals surface area contributed by atoms with Crippen LogP contribution in [0.4, 0.5) is 5.69 Å². The first-order valence-electron chi connectivity index (χ1n) is 16.1. The molecule has 1 spiro atoms. The molecule has 11 heteroatoms. The highest BCUT2D eigenvalue weighted by Gasteiger charge is 2.75. The Bertz CT molecular complexity index is 1500. The maximum absolute atomic E-state index is 14.8. The number of aliphatic hydroxyl groups is 1. The number of hydrogen-bond acceptors (Lipinski definition) is 7. The van der Waals surface area contributed by atoms with Crippen LogP contribution in [0.3, 0.4) is 0 Å². The maximum atomic E-state index is 14.8. The van der Waals surface area contributed by atoms with Gasteiger partial charge in [-0.25, -0.2) is 0 Å². The Labute approximate surface area is 280 Å². The van der Waals surface area contributed by atoms with Crippen molar-refractivity contribution < 1.29 is 33.8 Å². The number of anilines is 1. The lowest BCUT2D eigenvalue weighted by Crippen LogP contribution is -2.59. The summed E-state index contributed by atoms with van der Waals surface area (Å²) in [5.41, 5.74) is -0.00295. The van der Waals surface area contributed by atoms with Crippen molar-refractivity contribution in [3.63, 3.8) is 0 Å². The predicted octanol–water partition coefficient (Wildman–Crippen LogP) is 3.85. The molecule has 3 saturated heterocycles. The second kappa shape index (κ2) is 14.8. The minimum absolute atomic E-state index is 0.106. The van der Waals surface area contributed by atoms with Crippen LogP contribution in [0.1, 0.15) is 38.2 Å². The van der Waals surface area contributed by atoms with Gasteiger partial charge < -0.3 is 29.7 Å². The minimum Gasteiger partial charge on any atom is -0.460 e. The van der Waals surface area contributed by atoms with Gasteiger partial charge in [0.25, 0.3) is 5.91 Å². The summed E-state index contributed by atoms with van der Waals surface area (Å²) in [6.45, 7) is 8.93. The number of carbonyl (C=O) groups excluding carboxylic acids is 4. The molecule has 5 rings (SSSR count). The van der Waals surface area contributed by atoms with Gasteiger partial charge in [-0.15, -0.1) is 13.2 Å². The smallest absolute Gasteiger partial charge is 0.312 e. The van der Waals surface area contributed by atoms with Crippen LogP contribution in [0.2, 0.25) is 5.02 Å². The van der Waals surface area contributed by atoms with Gasteiger partial charge in [0.05, 0.1) is 47.8 Å². The van der Waals surface area contributed by atoms with Crippen molar-refractivity contribution in [1.29, 1.82) is 0 Å². The van der Waals surface area contributed by atoms with Gasteiger partial charge in [0, 0.05) is 13.0 Å². The first kappa shape index (κ1) is 34.3. The van der Waals surface area contributed by atoms with E-state index in [4.69, 9.17) is 21.1 Å². The highest BCUT2D eigenvalue weighted by atomic mass is 35.5. The number of fused-ring (bicyclic) bond motifs is 1. The predicted molar refractivity (Wildman–Crippen MR) is 177 cm³/mol. The summed E-state index contributed by atoms with van der Waals surface area (Å²) >= 11 is 6.57. The van der Waals surface area contributed by atoms with Crippen molar-refractivity contribution in [3.05, 3.63) is 90.5 Å². The Morgan fingerprint density at radius 2 is 1.89 bits per heavy atom. The van der Waals surface area contributed by atoms with Crippen molar-refractivity contribution in [2.45, 2.75) is 68.9 Å². The summed E-state index contributed by atoms with van der Waals surface area (Å²) in [4.78, 5) is 58.2. The monoisotopic (exact) mass is 663 g/mol. The van der Waals surface area contributed by atoms with E-state index in [1.807, 2.05) is 30.3 Å². The fourth-order valence-corrected chi connectivity index (χ4v) is 7.56. The number of amides is 3. The SMILES string of the molecule is C=CCCC(=O)NC[C@H](C)OC(=O)[C@@H]1[C@H]2C(=O)N([C@@H](CO)Cc3ccccc3)[C@H](C(=O)N(CC=C)c3ccccc3Cl)[C@]23CC[C@H]1O3. The number of esters is 1. The molecular formula is C36H42ClN3O7. The van der Waals surface area contributed by atoms with Gasteiger partial charge in [-0.1, -0.05) is 66.2 Å². The summed E-state index contributed by atoms with van der Waals surface area (Å²) in [7, 11) is 0. The van der Waals surface area contributed by atoms with E-state index >= 15 is 0 Å². The second-order valence-electron chi connectivity index (χ2n) is 12.4. The number of likely N-dealkylation sites (tertiary alicyclic amines) is 1. The molecule has 0 aromatic heterocycles. The molecule has 2 bridgehead atoms. The second-order valence-corrected chi connectivity index (χ2v) is 12.8. The fraction of sp³-hybridized carbons (Fsp3) is 0.444. The molecule has 0 radical (unpaired) electrons. The summed E-state index contributed by atoms with van der Waals surface area (Å²) in [5.74, 6) is -3.64. The number of nitrogens with zero attached hydrogens (tertiary/aromatic N) is 2. The van der Waals surface area contributed by atoms with Crippen molar-refractivity contribution in [2.75, 3.05) is 24.6 Å². The molecule has 10 nitrogen and oxygen atoms in total. The first-order valence-corrected chi connectivity index (χ1v) is 16.4. The third-order valence-electron chi connectivity index (χ3n) is 9.36. The number of carbonyl (C=O) groups is 4. The molecule has 250 valence electrons. The Morgan fingerprint density at radius 3 is 2.57 bits per heavy atom. The number of allylic oxidation sites excluding steroid dienone is 1. The van der Waals surface area contributed by atoms with Gasteiger partial charge in [0.1, 0.15) is 17.7 Å². The Balaban J connectivity index is 1.49. The number of ether oxygens (including phenoxy) is 2. The minimum atomic E-state index is -1.32. The average molecular weight is 664 g/mol. The zero-order chi connectivity index (χ0) is 33.7. The number of aliphatic hydroxyl groups excluding tert-OH is 1. The molecule has 3 heterocycles. The molecular weight excluding hydrogens is 622 g/mol. The molecule has 3 aliphatic heterocycles. The van der Waals surface area contributed by atoms with Crippen LogP contribution in [0, 0.1) is 11.8 Å². The van der Waals surface area contributed by atoms with Crippen LogP contribution < -0.4 is 10.2 Å². The summed E-state index contributed by atoms with van der Waals surface area (Å²) < 4.78 is 12.4. The van der Waals surface area contributed by atoms with Gasteiger partial charge in [0.2, 0.25) is 11.8 Å². The number of hydrogen-bond donors (Lipinski definition) is 2. The van der Waals surface area contributed by atoms with Gasteiger partial charge in [-0.3, -0.25) is 19.2 Å². The van der Waals surface area contributed by atoms with E-state index in [2.05, 4.69) is 18.5 Å². The zero-order valence-electron chi connectivity index (χ0n) is 26.6. The quantitative estimate of drug-likeness (QED) is 0.219. The normalized spacial score (nSPS) is 25.5. The summed E-state index contributed by atoms with van der Waals surface area (Å²) in [5, 5.41) is 13.8. The third kappa shape index (κ3) is 6.72. The Hall–Kier alpha value is -3.99. The highest BCUT2D eigenvalue weighted by Crippen LogP contribution is 2.59. The highest BCUT2D eigenvalue weighted by molar-refractivity contribution is 6.34. The number of benzene rings is 2. The van der Waals surface area contributed by atoms with E-state index in [0.717, 1.165) is 5.56 Å². The molecule has 47 heavy (non-hydrogen) atoms. The number of nitrogens with one attached hydrogen (secondary N) is 1. The number of rotatable bonds is 15. The Morgan fingerprint density at radius 1 is 1.17 bits per heavy atom. The van der Waals surface area contributed by atoms with Crippen molar-refractivity contribution in [2.24, 2.45) is 11.8 Å². The van der Waals surface area contributed by atoms with Crippen molar-refractivity contribution in [1.82, 2.24) is 10.2 Å². The molecule has 0 aliphatic carbocycles. The summed E-state index contributed by atoms with van der Waals surface area (Å²) in [6, 6.07) is 14.4. The summed E-state index contributed by atoms with van der Waals surface area (Å²) in [6.07, 6.45) is 3.85. The number of para-hydroxylation sites is 1. The lowest BCUT2D eigenvalue weighted by atomic mass is 9.70. The van der Waals surface area contributed by atoms with Crippen LogP contribution >= 0.6 is 11.6 Å². The van der Waals surface area contributed by atoms with Gasteiger partial charge in [-0.05, 0) is 50.3 Å². The maximum Gasteiger partial charge on any atom is 0.312 e. The average Bonchev–Trinajstić information content (AvgIpc) is 3.72. The molecule has 0 saturated carbocycles. The van der Waals surface area contributed by atoms with Crippen LogP contribution in [0.15, 0.2) is 79.9 Å². The topological polar surface area (TPSA) is 125 Å². The lowest BCUT2D eigenvalue weighted by Gasteiger charge is -2.39. The number of halogens is 1. The van der Waals surface area contributed by atoms with E-state index in [9.17, 15) is 24.3 Å². The molecule has 3 fully saturated rings.